The van der Waals surface area contributed by atoms with E-state index in [0.29, 0.717) is 0 Å². The van der Waals surface area contributed by atoms with Crippen molar-refractivity contribution in [2.75, 3.05) is 0 Å². The fraction of sp³-hybridized carbons (Fsp3) is 0.143. The van der Waals surface area contributed by atoms with E-state index >= 15 is 0 Å². The molecule has 0 saturated carbocycles. The summed E-state index contributed by atoms with van der Waals surface area (Å²) < 4.78 is 10.3. The quantitative estimate of drug-likeness (QED) is 0.311. The third-order valence-electron chi connectivity index (χ3n) is 5.72. The molecule has 33 heavy (non-hydrogen) atoms. The molecule has 0 aliphatic rings. The zero-order chi connectivity index (χ0) is 22.9. The van der Waals surface area contributed by atoms with Crippen molar-refractivity contribution in [3.05, 3.63) is 102 Å². The zero-order valence-electron chi connectivity index (χ0n) is 19.3. The van der Waals surface area contributed by atoms with Crippen LogP contribution in [0.5, 0.6) is 11.5 Å². The third kappa shape index (κ3) is 4.05. The molecule has 0 fully saturated rings. The van der Waals surface area contributed by atoms with E-state index < -0.39 is 0 Å². The molecule has 164 valence electrons. The first-order chi connectivity index (χ1) is 16.0. The number of aryl methyl sites for hydroxylation is 3. The lowest BCUT2D eigenvalue weighted by Crippen LogP contribution is -1.99. The largest absolute Gasteiger partial charge is 0.457 e. The van der Waals surface area contributed by atoms with Gasteiger partial charge >= 0.3 is 0 Å². The van der Waals surface area contributed by atoms with Crippen molar-refractivity contribution in [1.82, 2.24) is 19.3 Å². The highest BCUT2D eigenvalue weighted by atomic mass is 16.5. The third-order valence-corrected chi connectivity index (χ3v) is 5.72. The fourth-order valence-electron chi connectivity index (χ4n) is 4.30. The Bertz CT molecular complexity index is 1430. The van der Waals surface area contributed by atoms with E-state index in [0.717, 1.165) is 56.9 Å². The van der Waals surface area contributed by atoms with Crippen LogP contribution < -0.4 is 4.74 Å². The van der Waals surface area contributed by atoms with Gasteiger partial charge in [0.25, 0.3) is 0 Å². The second-order valence-corrected chi connectivity index (χ2v) is 8.26. The lowest BCUT2D eigenvalue weighted by molar-refractivity contribution is 0.482. The molecule has 2 heterocycles. The van der Waals surface area contributed by atoms with E-state index in [1.165, 1.54) is 0 Å². The summed E-state index contributed by atoms with van der Waals surface area (Å²) in [6, 6.07) is 28.5. The van der Waals surface area contributed by atoms with Crippen LogP contribution in [0.3, 0.4) is 0 Å². The minimum Gasteiger partial charge on any atom is -0.457 e. The molecule has 5 rings (SSSR count). The van der Waals surface area contributed by atoms with Crippen LogP contribution in [0.1, 0.15) is 17.1 Å². The number of rotatable bonds is 5. The summed E-state index contributed by atoms with van der Waals surface area (Å²) in [5, 5.41) is 4.58. The smallest absolute Gasteiger partial charge is 0.140 e. The molecular formula is C28H26N4O. The molecule has 0 bridgehead atoms. The van der Waals surface area contributed by atoms with E-state index in [-0.39, 0.29) is 0 Å². The van der Waals surface area contributed by atoms with E-state index in [4.69, 9.17) is 9.72 Å². The van der Waals surface area contributed by atoms with Gasteiger partial charge in [0, 0.05) is 29.9 Å². The molecule has 0 atom stereocenters. The normalized spacial score (nSPS) is 11.0. The van der Waals surface area contributed by atoms with Crippen molar-refractivity contribution in [3.63, 3.8) is 0 Å². The number of benzene rings is 3. The van der Waals surface area contributed by atoms with Crippen LogP contribution in [0.25, 0.3) is 28.3 Å². The highest BCUT2D eigenvalue weighted by Gasteiger charge is 2.15. The van der Waals surface area contributed by atoms with Crippen molar-refractivity contribution in [2.24, 2.45) is 7.05 Å². The Hall–Kier alpha value is -4.12. The van der Waals surface area contributed by atoms with Crippen LogP contribution >= 0.6 is 0 Å². The maximum atomic E-state index is 6.23. The predicted octanol–water partition coefficient (Wildman–Crippen LogP) is 6.66. The van der Waals surface area contributed by atoms with Crippen LogP contribution in [0.15, 0.2) is 84.9 Å². The summed E-state index contributed by atoms with van der Waals surface area (Å²) in [6.07, 6.45) is 0. The molecule has 0 N–H and O–H groups in total. The van der Waals surface area contributed by atoms with Gasteiger partial charge in [-0.3, -0.25) is 0 Å². The van der Waals surface area contributed by atoms with Gasteiger partial charge in [-0.15, -0.1) is 0 Å². The first-order valence-electron chi connectivity index (χ1n) is 11.0. The minimum atomic E-state index is 0.762. The standard InChI is InChI=1S/C28H26N4O/c1-19-16-20(2)32(30-19)24-13-9-15-26(18-24)33-25-14-8-12-23(17-25)28-29-21(3)27(31(28)4)22-10-6-5-7-11-22/h5-18H,1-4H3. The number of hydrogen-bond acceptors (Lipinski definition) is 3. The van der Waals surface area contributed by atoms with Gasteiger partial charge < -0.3 is 9.30 Å². The van der Waals surface area contributed by atoms with Crippen LogP contribution in [0.2, 0.25) is 0 Å². The summed E-state index contributed by atoms with van der Waals surface area (Å²) in [6.45, 7) is 6.10. The molecular weight excluding hydrogens is 408 g/mol. The van der Waals surface area contributed by atoms with Gasteiger partial charge in [0.2, 0.25) is 0 Å². The second kappa shape index (κ2) is 8.43. The number of ether oxygens (including phenoxy) is 1. The highest BCUT2D eigenvalue weighted by Crippen LogP contribution is 2.32. The molecule has 0 aliphatic heterocycles. The molecule has 2 aromatic heterocycles. The van der Waals surface area contributed by atoms with Crippen molar-refractivity contribution in [3.8, 4) is 39.8 Å². The van der Waals surface area contributed by atoms with E-state index in [2.05, 4.69) is 67.0 Å². The van der Waals surface area contributed by atoms with Crippen molar-refractivity contribution < 1.29 is 4.74 Å². The van der Waals surface area contributed by atoms with Gasteiger partial charge in [-0.05, 0) is 51.1 Å². The van der Waals surface area contributed by atoms with E-state index in [1.807, 2.05) is 60.1 Å². The molecule has 0 unspecified atom stereocenters. The van der Waals surface area contributed by atoms with Crippen molar-refractivity contribution in [2.45, 2.75) is 20.8 Å². The van der Waals surface area contributed by atoms with Gasteiger partial charge in [0.1, 0.15) is 17.3 Å². The summed E-state index contributed by atoms with van der Waals surface area (Å²) in [5.41, 5.74) is 7.34. The number of hydrogen-bond donors (Lipinski definition) is 0. The van der Waals surface area contributed by atoms with E-state index in [9.17, 15) is 0 Å². The van der Waals surface area contributed by atoms with Crippen molar-refractivity contribution in [1.29, 1.82) is 0 Å². The summed E-state index contributed by atoms with van der Waals surface area (Å²) in [4.78, 5) is 4.87. The van der Waals surface area contributed by atoms with Crippen LogP contribution in [-0.4, -0.2) is 19.3 Å². The van der Waals surface area contributed by atoms with Gasteiger partial charge in [-0.2, -0.15) is 5.10 Å². The molecule has 3 aromatic carbocycles. The molecule has 5 aromatic rings. The van der Waals surface area contributed by atoms with Crippen LogP contribution in [0.4, 0.5) is 0 Å². The lowest BCUT2D eigenvalue weighted by Gasteiger charge is -2.11. The predicted molar refractivity (Wildman–Crippen MR) is 132 cm³/mol. The van der Waals surface area contributed by atoms with Gasteiger partial charge in [-0.25, -0.2) is 9.67 Å². The highest BCUT2D eigenvalue weighted by molar-refractivity contribution is 5.69. The monoisotopic (exact) mass is 434 g/mol. The Morgan fingerprint density at radius 2 is 1.42 bits per heavy atom. The molecule has 0 amide bonds. The lowest BCUT2D eigenvalue weighted by atomic mass is 10.1. The Morgan fingerprint density at radius 1 is 0.727 bits per heavy atom. The van der Waals surface area contributed by atoms with Crippen LogP contribution in [0, 0.1) is 20.8 Å². The topological polar surface area (TPSA) is 44.9 Å². The number of imidazole rings is 1. The van der Waals surface area contributed by atoms with Gasteiger partial charge in [0.15, 0.2) is 0 Å². The Balaban J connectivity index is 1.46. The fourth-order valence-corrected chi connectivity index (χ4v) is 4.30. The number of aromatic nitrogens is 4. The number of nitrogens with zero attached hydrogens (tertiary/aromatic N) is 4. The first-order valence-corrected chi connectivity index (χ1v) is 11.0. The maximum absolute atomic E-state index is 6.23. The Morgan fingerprint density at radius 3 is 2.15 bits per heavy atom. The van der Waals surface area contributed by atoms with Gasteiger partial charge in [-0.1, -0.05) is 48.5 Å². The molecule has 5 heteroatoms. The maximum Gasteiger partial charge on any atom is 0.140 e. The Kier molecular flexibility index (Phi) is 5.31. The molecule has 5 nitrogen and oxygen atoms in total. The molecule has 0 spiro atoms. The SMILES string of the molecule is Cc1cc(C)n(-c2cccc(Oc3cccc(-c4nc(C)c(-c5ccccc5)n4C)c3)c2)n1. The average Bonchev–Trinajstić information content (AvgIpc) is 3.31. The molecule has 0 radical (unpaired) electrons. The summed E-state index contributed by atoms with van der Waals surface area (Å²) in [5.74, 6) is 2.44. The van der Waals surface area contributed by atoms with E-state index in [1.54, 1.807) is 0 Å². The van der Waals surface area contributed by atoms with Crippen LogP contribution in [-0.2, 0) is 7.05 Å². The Labute approximate surface area is 193 Å². The second-order valence-electron chi connectivity index (χ2n) is 8.26. The zero-order valence-corrected chi connectivity index (χ0v) is 19.3. The summed E-state index contributed by atoms with van der Waals surface area (Å²) in [7, 11) is 2.06. The first kappa shape index (κ1) is 20.8. The van der Waals surface area contributed by atoms with Gasteiger partial charge in [0.05, 0.1) is 22.8 Å². The minimum absolute atomic E-state index is 0.762. The molecule has 0 saturated heterocycles. The molecule has 0 aliphatic carbocycles. The van der Waals surface area contributed by atoms with Crippen molar-refractivity contribution >= 4 is 0 Å². The average molecular weight is 435 g/mol. The summed E-state index contributed by atoms with van der Waals surface area (Å²) >= 11 is 0.